The summed E-state index contributed by atoms with van der Waals surface area (Å²) in [6, 6.07) is 11.0. The van der Waals surface area contributed by atoms with Crippen molar-refractivity contribution in [3.63, 3.8) is 0 Å². The summed E-state index contributed by atoms with van der Waals surface area (Å²) < 4.78 is 11.3. The van der Waals surface area contributed by atoms with Crippen LogP contribution in [0.5, 0.6) is 0 Å². The van der Waals surface area contributed by atoms with Crippen LogP contribution < -0.4 is 5.32 Å². The molecule has 3 aromatic rings. The number of carbonyl (C=O) groups excluding carboxylic acids is 1. The molecular formula is C23H23Cl2N3O3. The molecule has 0 radical (unpaired) electrons. The molecule has 1 N–H and O–H groups in total. The van der Waals surface area contributed by atoms with Crippen molar-refractivity contribution in [3.05, 3.63) is 63.7 Å². The minimum absolute atomic E-state index is 0.0467. The summed E-state index contributed by atoms with van der Waals surface area (Å²) in [5, 5.41) is 8.26. The molecular weight excluding hydrogens is 437 g/mol. The average molecular weight is 460 g/mol. The molecule has 31 heavy (non-hydrogen) atoms. The molecule has 8 heteroatoms. The van der Waals surface area contributed by atoms with E-state index in [0.717, 1.165) is 43.0 Å². The zero-order valence-corrected chi connectivity index (χ0v) is 18.6. The molecule has 2 fully saturated rings. The van der Waals surface area contributed by atoms with Gasteiger partial charge in [-0.3, -0.25) is 9.69 Å². The van der Waals surface area contributed by atoms with Gasteiger partial charge in [-0.25, -0.2) is 0 Å². The number of hydrogen-bond donors (Lipinski definition) is 1. The Morgan fingerprint density at radius 3 is 2.84 bits per heavy atom. The number of halogens is 2. The highest BCUT2D eigenvalue weighted by Crippen LogP contribution is 2.40. The molecule has 1 aliphatic carbocycles. The van der Waals surface area contributed by atoms with Gasteiger partial charge in [0.25, 0.3) is 5.91 Å². The fourth-order valence-electron chi connectivity index (χ4n) is 4.10. The topological polar surface area (TPSA) is 71.5 Å². The molecule has 2 aliphatic rings. The number of amides is 1. The second-order valence-electron chi connectivity index (χ2n) is 8.53. The van der Waals surface area contributed by atoms with Crippen molar-refractivity contribution in [3.8, 4) is 11.3 Å². The van der Waals surface area contributed by atoms with E-state index in [4.69, 9.17) is 32.1 Å². The SMILES string of the molecule is C[C@H]1CN(Cc2ccc(-c3cc(Cl)ccc3Cl)o2)C[C@H]1NC(=O)c1cc(C2CC2)on1. The lowest BCUT2D eigenvalue weighted by molar-refractivity contribution is 0.0922. The first-order chi connectivity index (χ1) is 15.0. The second kappa shape index (κ2) is 8.34. The average Bonchev–Trinajstić information content (AvgIpc) is 3.13. The van der Waals surface area contributed by atoms with Gasteiger partial charge in [-0.1, -0.05) is 35.3 Å². The first-order valence-corrected chi connectivity index (χ1v) is 11.3. The van der Waals surface area contributed by atoms with Crippen LogP contribution in [0.3, 0.4) is 0 Å². The minimum Gasteiger partial charge on any atom is -0.460 e. The lowest BCUT2D eigenvalue weighted by Crippen LogP contribution is -2.39. The number of rotatable bonds is 6. The van der Waals surface area contributed by atoms with Crippen LogP contribution in [0, 0.1) is 5.92 Å². The van der Waals surface area contributed by atoms with E-state index in [2.05, 4.69) is 22.3 Å². The van der Waals surface area contributed by atoms with Gasteiger partial charge in [0, 0.05) is 41.7 Å². The maximum atomic E-state index is 12.6. The third kappa shape index (κ3) is 4.52. The number of carbonyl (C=O) groups is 1. The van der Waals surface area contributed by atoms with Crippen LogP contribution in [0.4, 0.5) is 0 Å². The van der Waals surface area contributed by atoms with Crippen LogP contribution in [0.2, 0.25) is 10.0 Å². The number of hydrogen-bond acceptors (Lipinski definition) is 5. The van der Waals surface area contributed by atoms with Crippen LogP contribution in [-0.4, -0.2) is 35.1 Å². The Kier molecular flexibility index (Phi) is 5.54. The molecule has 1 saturated heterocycles. The van der Waals surface area contributed by atoms with Crippen molar-refractivity contribution in [2.24, 2.45) is 5.92 Å². The molecule has 0 unspecified atom stereocenters. The van der Waals surface area contributed by atoms with E-state index < -0.39 is 0 Å². The fraction of sp³-hybridized carbons (Fsp3) is 0.391. The molecule has 5 rings (SSSR count). The minimum atomic E-state index is -0.176. The molecule has 1 aliphatic heterocycles. The Hall–Kier alpha value is -2.28. The van der Waals surface area contributed by atoms with Crippen LogP contribution in [-0.2, 0) is 6.54 Å². The first kappa shape index (κ1) is 20.6. The van der Waals surface area contributed by atoms with E-state index >= 15 is 0 Å². The van der Waals surface area contributed by atoms with Gasteiger partial charge in [0.15, 0.2) is 5.69 Å². The Morgan fingerprint density at radius 2 is 2.03 bits per heavy atom. The van der Waals surface area contributed by atoms with Gasteiger partial charge in [-0.15, -0.1) is 0 Å². The lowest BCUT2D eigenvalue weighted by Gasteiger charge is -2.16. The molecule has 1 aromatic carbocycles. The van der Waals surface area contributed by atoms with Crippen molar-refractivity contribution >= 4 is 29.1 Å². The molecule has 1 amide bonds. The van der Waals surface area contributed by atoms with Gasteiger partial charge >= 0.3 is 0 Å². The third-order valence-corrected chi connectivity index (χ3v) is 6.54. The van der Waals surface area contributed by atoms with Gasteiger partial charge in [-0.05, 0) is 49.1 Å². The molecule has 1 saturated carbocycles. The van der Waals surface area contributed by atoms with Crippen molar-refractivity contribution in [1.29, 1.82) is 0 Å². The number of nitrogens with one attached hydrogen (secondary N) is 1. The number of furan rings is 1. The fourth-order valence-corrected chi connectivity index (χ4v) is 4.48. The third-order valence-electron chi connectivity index (χ3n) is 5.98. The number of aromatic nitrogens is 1. The van der Waals surface area contributed by atoms with Crippen molar-refractivity contribution < 1.29 is 13.7 Å². The van der Waals surface area contributed by atoms with E-state index in [1.54, 1.807) is 24.3 Å². The standard InChI is InChI=1S/C23H23Cl2N3O3/c1-13-10-28(11-16-5-7-21(30-16)17-8-15(24)4-6-18(17)25)12-20(13)26-23(29)19-9-22(31-27-19)14-2-3-14/h4-9,13-14,20H,2-3,10-12H2,1H3,(H,26,29)/t13-,20+/m0/s1. The van der Waals surface area contributed by atoms with Crippen LogP contribution in [0.15, 0.2) is 45.3 Å². The second-order valence-corrected chi connectivity index (χ2v) is 9.37. The van der Waals surface area contributed by atoms with Crippen LogP contribution in [0.25, 0.3) is 11.3 Å². The molecule has 2 aromatic heterocycles. The Labute approximate surface area is 190 Å². The van der Waals surface area contributed by atoms with Gasteiger partial charge in [0.1, 0.15) is 17.3 Å². The maximum Gasteiger partial charge on any atom is 0.273 e. The van der Waals surface area contributed by atoms with E-state index in [1.807, 2.05) is 12.1 Å². The summed E-state index contributed by atoms with van der Waals surface area (Å²) in [5.74, 6) is 2.93. The molecule has 0 bridgehead atoms. The zero-order valence-electron chi connectivity index (χ0n) is 17.1. The van der Waals surface area contributed by atoms with Gasteiger partial charge in [0.2, 0.25) is 0 Å². The molecule has 162 valence electrons. The molecule has 3 heterocycles. The summed E-state index contributed by atoms with van der Waals surface area (Å²) in [7, 11) is 0. The van der Waals surface area contributed by atoms with Crippen LogP contribution >= 0.6 is 23.2 Å². The van der Waals surface area contributed by atoms with Crippen molar-refractivity contribution in [2.45, 2.75) is 38.3 Å². The monoisotopic (exact) mass is 459 g/mol. The van der Waals surface area contributed by atoms with Gasteiger partial charge in [0.05, 0.1) is 11.6 Å². The van der Waals surface area contributed by atoms with Crippen molar-refractivity contribution in [1.82, 2.24) is 15.4 Å². The molecule has 0 spiro atoms. The summed E-state index contributed by atoms with van der Waals surface area (Å²) in [6.45, 7) is 4.41. The Balaban J connectivity index is 1.20. The van der Waals surface area contributed by atoms with Gasteiger partial charge in [-0.2, -0.15) is 0 Å². The van der Waals surface area contributed by atoms with Gasteiger partial charge < -0.3 is 14.3 Å². The smallest absolute Gasteiger partial charge is 0.273 e. The number of nitrogens with zero attached hydrogens (tertiary/aromatic N) is 2. The highest BCUT2D eigenvalue weighted by molar-refractivity contribution is 6.35. The summed E-state index contributed by atoms with van der Waals surface area (Å²) in [6.07, 6.45) is 2.23. The first-order valence-electron chi connectivity index (χ1n) is 10.5. The Bertz CT molecular complexity index is 1110. The number of likely N-dealkylation sites (tertiary alicyclic amines) is 1. The van der Waals surface area contributed by atoms with E-state index in [-0.39, 0.29) is 11.9 Å². The van der Waals surface area contributed by atoms with E-state index in [9.17, 15) is 4.79 Å². The molecule has 2 atom stereocenters. The molecule has 6 nitrogen and oxygen atoms in total. The normalized spacial score (nSPS) is 21.5. The quantitative estimate of drug-likeness (QED) is 0.536. The van der Waals surface area contributed by atoms with E-state index in [1.165, 1.54) is 0 Å². The zero-order chi connectivity index (χ0) is 21.5. The maximum absolute atomic E-state index is 12.6. The predicted octanol–water partition coefficient (Wildman–Crippen LogP) is 5.37. The highest BCUT2D eigenvalue weighted by atomic mass is 35.5. The largest absolute Gasteiger partial charge is 0.460 e. The summed E-state index contributed by atoms with van der Waals surface area (Å²) >= 11 is 12.4. The Morgan fingerprint density at radius 1 is 1.19 bits per heavy atom. The summed E-state index contributed by atoms with van der Waals surface area (Å²) in [4.78, 5) is 14.9. The van der Waals surface area contributed by atoms with Crippen molar-refractivity contribution in [2.75, 3.05) is 13.1 Å². The predicted molar refractivity (Wildman–Crippen MR) is 118 cm³/mol. The summed E-state index contributed by atoms with van der Waals surface area (Å²) in [5.41, 5.74) is 1.14. The highest BCUT2D eigenvalue weighted by Gasteiger charge is 2.33. The number of benzene rings is 1. The lowest BCUT2D eigenvalue weighted by atomic mass is 10.1. The van der Waals surface area contributed by atoms with E-state index in [0.29, 0.717) is 39.9 Å². The van der Waals surface area contributed by atoms with Crippen LogP contribution in [0.1, 0.15) is 47.7 Å².